The summed E-state index contributed by atoms with van der Waals surface area (Å²) in [5.41, 5.74) is 3.73. The number of nitrogens with zero attached hydrogens (tertiary/aromatic N) is 1. The van der Waals surface area contributed by atoms with Gasteiger partial charge in [0.2, 0.25) is 0 Å². The molecular formula is C24H34N4O5. The van der Waals surface area contributed by atoms with E-state index in [0.29, 0.717) is 29.8 Å². The van der Waals surface area contributed by atoms with Crippen molar-refractivity contribution < 1.29 is 24.3 Å². The molecule has 180 valence electrons. The standard InChI is InChI=1S/C11H12N2O2.C9H7NO3.C2H7N.2CH4/c1-13(2)11(15)7-3-4-9-8(5-7)6-12-10(9)14;11-8-7-2-1-5(9(12)13)3-6(7)4-10-8;1-3-2;;/h3-5H,6H2,1-2H3,(H,12,14);1-3H,4H2,(H,10,11)(H,12,13);3H,1-2H3;2*1H4. The first-order chi connectivity index (χ1) is 14.7. The minimum Gasteiger partial charge on any atom is -0.478 e. The molecule has 2 aromatic rings. The van der Waals surface area contributed by atoms with E-state index in [1.807, 2.05) is 14.1 Å². The summed E-state index contributed by atoms with van der Waals surface area (Å²) in [6, 6.07) is 9.67. The Hall–Kier alpha value is -3.72. The Morgan fingerprint density at radius 3 is 1.64 bits per heavy atom. The molecule has 4 rings (SSSR count). The van der Waals surface area contributed by atoms with Gasteiger partial charge in [-0.2, -0.15) is 0 Å². The molecule has 0 saturated carbocycles. The number of carboxylic acids is 1. The number of hydrogen-bond acceptors (Lipinski definition) is 5. The van der Waals surface area contributed by atoms with Crippen molar-refractivity contribution in [3.63, 3.8) is 0 Å². The molecule has 0 atom stereocenters. The third-order valence-corrected chi connectivity index (χ3v) is 4.48. The largest absolute Gasteiger partial charge is 0.478 e. The summed E-state index contributed by atoms with van der Waals surface area (Å²) in [6.07, 6.45) is 0. The van der Waals surface area contributed by atoms with Crippen LogP contribution < -0.4 is 16.0 Å². The van der Waals surface area contributed by atoms with Crippen molar-refractivity contribution in [2.75, 3.05) is 28.2 Å². The SMILES string of the molecule is C.C.CN(C)C(=O)c1ccc2c(c1)CNC2=O.CNC.O=C(O)c1ccc2c(c1)CNC2=O. The number of hydrogen-bond donors (Lipinski definition) is 4. The van der Waals surface area contributed by atoms with Gasteiger partial charge in [0, 0.05) is 43.9 Å². The normalized spacial score (nSPS) is 12.0. The summed E-state index contributed by atoms with van der Waals surface area (Å²) in [6.45, 7) is 0.942. The van der Waals surface area contributed by atoms with Crippen LogP contribution in [0.3, 0.4) is 0 Å². The maximum Gasteiger partial charge on any atom is 0.335 e. The van der Waals surface area contributed by atoms with E-state index in [1.54, 1.807) is 38.4 Å². The number of carboxylic acid groups (broad SMARTS) is 1. The molecule has 0 bridgehead atoms. The minimum absolute atomic E-state index is 0. The van der Waals surface area contributed by atoms with E-state index in [4.69, 9.17) is 5.11 Å². The second-order valence-electron chi connectivity index (χ2n) is 7.11. The second-order valence-corrected chi connectivity index (χ2v) is 7.11. The van der Waals surface area contributed by atoms with Crippen LogP contribution >= 0.6 is 0 Å². The molecule has 2 aliphatic heterocycles. The lowest BCUT2D eigenvalue weighted by Crippen LogP contribution is -2.21. The highest BCUT2D eigenvalue weighted by atomic mass is 16.4. The van der Waals surface area contributed by atoms with E-state index in [1.165, 1.54) is 17.0 Å². The number of aromatic carboxylic acids is 1. The van der Waals surface area contributed by atoms with Crippen molar-refractivity contribution in [3.8, 4) is 0 Å². The lowest BCUT2D eigenvalue weighted by molar-refractivity contribution is 0.0695. The fourth-order valence-corrected chi connectivity index (χ4v) is 2.99. The topological polar surface area (TPSA) is 128 Å². The first-order valence-electron chi connectivity index (χ1n) is 9.55. The van der Waals surface area contributed by atoms with Crippen LogP contribution in [-0.4, -0.2) is 61.9 Å². The first kappa shape index (κ1) is 29.3. The quantitative estimate of drug-likeness (QED) is 0.547. The number of rotatable bonds is 2. The van der Waals surface area contributed by atoms with E-state index >= 15 is 0 Å². The zero-order chi connectivity index (χ0) is 23.1. The lowest BCUT2D eigenvalue weighted by Gasteiger charge is -2.10. The van der Waals surface area contributed by atoms with Crippen molar-refractivity contribution in [1.82, 2.24) is 20.9 Å². The van der Waals surface area contributed by atoms with Crippen LogP contribution in [0.5, 0.6) is 0 Å². The monoisotopic (exact) mass is 458 g/mol. The van der Waals surface area contributed by atoms with Crippen molar-refractivity contribution in [2.24, 2.45) is 0 Å². The Kier molecular flexibility index (Phi) is 11.5. The fraction of sp³-hybridized carbons (Fsp3) is 0.333. The first-order valence-corrected chi connectivity index (χ1v) is 9.55. The van der Waals surface area contributed by atoms with E-state index in [9.17, 15) is 19.2 Å². The molecule has 0 fully saturated rings. The van der Waals surface area contributed by atoms with Gasteiger partial charge in [-0.15, -0.1) is 0 Å². The Morgan fingerprint density at radius 1 is 0.848 bits per heavy atom. The number of benzene rings is 2. The highest BCUT2D eigenvalue weighted by molar-refractivity contribution is 6.01. The van der Waals surface area contributed by atoms with Crippen LogP contribution in [0.25, 0.3) is 0 Å². The number of nitrogens with one attached hydrogen (secondary N) is 3. The van der Waals surface area contributed by atoms with E-state index in [-0.39, 0.29) is 38.1 Å². The number of amides is 3. The molecular weight excluding hydrogens is 424 g/mol. The molecule has 0 radical (unpaired) electrons. The number of carbonyl (C=O) groups excluding carboxylic acids is 3. The van der Waals surface area contributed by atoms with Crippen LogP contribution in [0.15, 0.2) is 36.4 Å². The summed E-state index contributed by atoms with van der Waals surface area (Å²) in [5.74, 6) is -1.21. The van der Waals surface area contributed by atoms with E-state index < -0.39 is 5.97 Å². The van der Waals surface area contributed by atoms with Gasteiger partial charge < -0.3 is 26.0 Å². The molecule has 0 aliphatic carbocycles. The molecule has 3 amide bonds. The van der Waals surface area contributed by atoms with Crippen LogP contribution in [-0.2, 0) is 13.1 Å². The van der Waals surface area contributed by atoms with Gasteiger partial charge in [0.15, 0.2) is 0 Å². The van der Waals surface area contributed by atoms with Gasteiger partial charge in [-0.1, -0.05) is 14.9 Å². The van der Waals surface area contributed by atoms with Gasteiger partial charge in [0.05, 0.1) is 5.56 Å². The third-order valence-electron chi connectivity index (χ3n) is 4.48. The van der Waals surface area contributed by atoms with Crippen molar-refractivity contribution in [3.05, 3.63) is 69.8 Å². The average molecular weight is 459 g/mol. The fourth-order valence-electron chi connectivity index (χ4n) is 2.99. The zero-order valence-corrected chi connectivity index (χ0v) is 17.9. The Balaban J connectivity index is 0.000000530. The van der Waals surface area contributed by atoms with Crippen molar-refractivity contribution in [2.45, 2.75) is 27.9 Å². The molecule has 9 nitrogen and oxygen atoms in total. The van der Waals surface area contributed by atoms with Gasteiger partial charge in [-0.3, -0.25) is 14.4 Å². The minimum atomic E-state index is -0.970. The van der Waals surface area contributed by atoms with Gasteiger partial charge in [-0.25, -0.2) is 4.79 Å². The highest BCUT2D eigenvalue weighted by Crippen LogP contribution is 2.18. The Labute approximate surface area is 195 Å². The Bertz CT molecular complexity index is 1020. The lowest BCUT2D eigenvalue weighted by atomic mass is 10.1. The molecule has 9 heteroatoms. The van der Waals surface area contributed by atoms with Crippen LogP contribution in [0.4, 0.5) is 0 Å². The average Bonchev–Trinajstić information content (AvgIpc) is 3.30. The second kappa shape index (κ2) is 13.0. The maximum atomic E-state index is 11.6. The molecule has 2 aliphatic rings. The molecule has 0 unspecified atom stereocenters. The predicted molar refractivity (Wildman–Crippen MR) is 129 cm³/mol. The molecule has 2 heterocycles. The molecule has 0 saturated heterocycles. The summed E-state index contributed by atoms with van der Waals surface area (Å²) < 4.78 is 0. The molecule has 0 spiro atoms. The maximum absolute atomic E-state index is 11.6. The van der Waals surface area contributed by atoms with Gasteiger partial charge in [0.1, 0.15) is 0 Å². The summed E-state index contributed by atoms with van der Waals surface area (Å²) >= 11 is 0. The highest BCUT2D eigenvalue weighted by Gasteiger charge is 2.21. The smallest absolute Gasteiger partial charge is 0.335 e. The van der Waals surface area contributed by atoms with E-state index in [0.717, 1.165) is 11.1 Å². The summed E-state index contributed by atoms with van der Waals surface area (Å²) in [4.78, 5) is 46.1. The van der Waals surface area contributed by atoms with Crippen LogP contribution in [0.2, 0.25) is 0 Å². The number of fused-ring (bicyclic) bond motifs is 2. The van der Waals surface area contributed by atoms with Crippen molar-refractivity contribution >= 4 is 23.7 Å². The van der Waals surface area contributed by atoms with E-state index in [2.05, 4.69) is 16.0 Å². The third kappa shape index (κ3) is 7.15. The van der Waals surface area contributed by atoms with Crippen LogP contribution in [0.1, 0.15) is 67.4 Å². The Morgan fingerprint density at radius 2 is 1.24 bits per heavy atom. The molecule has 2 aromatic carbocycles. The van der Waals surface area contributed by atoms with Gasteiger partial charge in [-0.05, 0) is 61.6 Å². The zero-order valence-electron chi connectivity index (χ0n) is 17.9. The summed E-state index contributed by atoms with van der Waals surface area (Å²) in [5, 5.41) is 16.8. The number of carbonyl (C=O) groups is 4. The van der Waals surface area contributed by atoms with Gasteiger partial charge in [0.25, 0.3) is 17.7 Å². The molecule has 0 aromatic heterocycles. The molecule has 4 N–H and O–H groups in total. The van der Waals surface area contributed by atoms with Crippen molar-refractivity contribution in [1.29, 1.82) is 0 Å². The van der Waals surface area contributed by atoms with Crippen LogP contribution in [0, 0.1) is 0 Å². The predicted octanol–water partition coefficient (Wildman–Crippen LogP) is 2.37. The summed E-state index contributed by atoms with van der Waals surface area (Å²) in [7, 11) is 7.16. The van der Waals surface area contributed by atoms with Gasteiger partial charge >= 0.3 is 5.97 Å². The molecule has 33 heavy (non-hydrogen) atoms.